The van der Waals surface area contributed by atoms with E-state index in [1.165, 1.54) is 0 Å². The van der Waals surface area contributed by atoms with Crippen LogP contribution in [-0.2, 0) is 4.74 Å². The first-order chi connectivity index (χ1) is 6.97. The van der Waals surface area contributed by atoms with E-state index in [9.17, 15) is 4.79 Å². The Bertz CT molecular complexity index is 383. The van der Waals surface area contributed by atoms with Gasteiger partial charge in [0.05, 0.1) is 5.70 Å². The summed E-state index contributed by atoms with van der Waals surface area (Å²) in [7, 11) is 0. The molecule has 1 aliphatic carbocycles. The lowest BCUT2D eigenvalue weighted by Gasteiger charge is -2.25. The molecule has 1 amide bonds. The van der Waals surface area contributed by atoms with Crippen LogP contribution in [-0.4, -0.2) is 23.1 Å². The third-order valence-corrected chi connectivity index (χ3v) is 2.22. The molecule has 1 heterocycles. The number of ether oxygens (including phenoxy) is 1. The number of hydrogen-bond acceptors (Lipinski definition) is 2. The van der Waals surface area contributed by atoms with Gasteiger partial charge in [-0.1, -0.05) is 18.2 Å². The van der Waals surface area contributed by atoms with E-state index in [0.717, 1.165) is 11.3 Å². The Balaban J connectivity index is 2.06. The lowest BCUT2D eigenvalue weighted by molar-refractivity contribution is 0.0345. The quantitative estimate of drug-likeness (QED) is 0.608. The molecule has 1 aliphatic heterocycles. The fourth-order valence-electron chi connectivity index (χ4n) is 1.62. The maximum Gasteiger partial charge on any atom is 0.415 e. The van der Waals surface area contributed by atoms with Crippen LogP contribution in [0.15, 0.2) is 35.6 Å². The van der Waals surface area contributed by atoms with Gasteiger partial charge in [0, 0.05) is 6.54 Å². The second-order valence-corrected chi connectivity index (χ2v) is 4.66. The van der Waals surface area contributed by atoms with Crippen LogP contribution >= 0.6 is 0 Å². The van der Waals surface area contributed by atoms with Crippen LogP contribution in [0.2, 0.25) is 0 Å². The van der Waals surface area contributed by atoms with E-state index in [-0.39, 0.29) is 6.09 Å². The lowest BCUT2D eigenvalue weighted by Crippen LogP contribution is -2.34. The van der Waals surface area contributed by atoms with Crippen molar-refractivity contribution in [1.82, 2.24) is 4.90 Å². The van der Waals surface area contributed by atoms with Gasteiger partial charge in [-0.3, -0.25) is 4.90 Å². The van der Waals surface area contributed by atoms with Gasteiger partial charge >= 0.3 is 6.09 Å². The van der Waals surface area contributed by atoms with Gasteiger partial charge in [0.1, 0.15) is 5.60 Å². The number of fused-ring (bicyclic) bond motifs is 1. The smallest absolute Gasteiger partial charge is 0.415 e. The predicted molar refractivity (Wildman–Crippen MR) is 58.2 cm³/mol. The van der Waals surface area contributed by atoms with E-state index < -0.39 is 5.60 Å². The highest BCUT2D eigenvalue weighted by Gasteiger charge is 2.29. The van der Waals surface area contributed by atoms with Crippen molar-refractivity contribution in [2.24, 2.45) is 0 Å². The summed E-state index contributed by atoms with van der Waals surface area (Å²) in [6.07, 6.45) is 7.63. The zero-order chi connectivity index (χ0) is 11.1. The number of nitrogens with zero attached hydrogens (tertiary/aromatic N) is 1. The number of amides is 1. The Morgan fingerprint density at radius 1 is 1.47 bits per heavy atom. The number of allylic oxidation sites excluding steroid dienone is 3. The number of rotatable bonds is 0. The molecule has 0 N–H and O–H groups in total. The number of carbonyl (C=O) groups is 1. The molecule has 2 aliphatic rings. The van der Waals surface area contributed by atoms with Crippen molar-refractivity contribution in [3.63, 3.8) is 0 Å². The average molecular weight is 205 g/mol. The Morgan fingerprint density at radius 3 is 2.87 bits per heavy atom. The zero-order valence-electron chi connectivity index (χ0n) is 9.28. The lowest BCUT2D eigenvalue weighted by atomic mass is 10.2. The molecule has 0 saturated carbocycles. The van der Waals surface area contributed by atoms with Gasteiger partial charge in [-0.05, 0) is 32.4 Å². The average Bonchev–Trinajstić information content (AvgIpc) is 2.57. The van der Waals surface area contributed by atoms with Gasteiger partial charge in [-0.25, -0.2) is 4.79 Å². The van der Waals surface area contributed by atoms with E-state index in [2.05, 4.69) is 0 Å². The summed E-state index contributed by atoms with van der Waals surface area (Å²) in [5, 5.41) is 0. The molecule has 0 aromatic heterocycles. The summed E-state index contributed by atoms with van der Waals surface area (Å²) in [5.74, 6) is 0. The van der Waals surface area contributed by atoms with Gasteiger partial charge < -0.3 is 4.74 Å². The minimum atomic E-state index is -0.438. The van der Waals surface area contributed by atoms with Crippen LogP contribution in [0.3, 0.4) is 0 Å². The van der Waals surface area contributed by atoms with Gasteiger partial charge in [0.2, 0.25) is 0 Å². The fraction of sp³-hybridized carbons (Fsp3) is 0.417. The predicted octanol–water partition coefficient (Wildman–Crippen LogP) is 2.62. The van der Waals surface area contributed by atoms with E-state index in [4.69, 9.17) is 4.74 Å². The first kappa shape index (κ1) is 10.0. The summed E-state index contributed by atoms with van der Waals surface area (Å²) < 4.78 is 5.31. The molecule has 3 nitrogen and oxygen atoms in total. The van der Waals surface area contributed by atoms with E-state index >= 15 is 0 Å². The second kappa shape index (κ2) is 3.26. The molecule has 0 aromatic rings. The minimum Gasteiger partial charge on any atom is -0.443 e. The maximum atomic E-state index is 11.8. The first-order valence-electron chi connectivity index (χ1n) is 5.07. The summed E-state index contributed by atoms with van der Waals surface area (Å²) >= 11 is 0. The highest BCUT2D eigenvalue weighted by Crippen LogP contribution is 2.29. The molecule has 0 radical (unpaired) electrons. The molecule has 3 heteroatoms. The van der Waals surface area contributed by atoms with Crippen LogP contribution < -0.4 is 0 Å². The number of carbonyl (C=O) groups excluding carboxylic acids is 1. The molecule has 0 fully saturated rings. The standard InChI is InChI=1S/C12H15NO2/c1-12(2,3)15-11(14)13-8-7-9-5-4-6-10(9)13/h4-7H,8H2,1-3H3. The van der Waals surface area contributed by atoms with Crippen molar-refractivity contribution in [3.8, 4) is 0 Å². The molecular formula is C12H15NO2. The first-order valence-corrected chi connectivity index (χ1v) is 5.07. The Morgan fingerprint density at radius 2 is 2.20 bits per heavy atom. The molecule has 0 spiro atoms. The van der Waals surface area contributed by atoms with E-state index in [0.29, 0.717) is 6.54 Å². The molecule has 15 heavy (non-hydrogen) atoms. The highest BCUT2D eigenvalue weighted by atomic mass is 16.6. The van der Waals surface area contributed by atoms with Crippen molar-refractivity contribution in [2.45, 2.75) is 26.4 Å². The third-order valence-electron chi connectivity index (χ3n) is 2.22. The van der Waals surface area contributed by atoms with Gasteiger partial charge in [0.25, 0.3) is 0 Å². The normalized spacial score (nSPS) is 18.7. The molecular weight excluding hydrogens is 190 g/mol. The van der Waals surface area contributed by atoms with Gasteiger partial charge in [0.15, 0.2) is 0 Å². The van der Waals surface area contributed by atoms with Crippen molar-refractivity contribution in [1.29, 1.82) is 0 Å². The molecule has 0 saturated heterocycles. The maximum absolute atomic E-state index is 11.8. The molecule has 0 unspecified atom stereocenters. The highest BCUT2D eigenvalue weighted by molar-refractivity contribution is 5.75. The largest absolute Gasteiger partial charge is 0.443 e. The second-order valence-electron chi connectivity index (χ2n) is 4.66. The molecule has 0 atom stereocenters. The molecule has 80 valence electrons. The summed E-state index contributed by atoms with van der Waals surface area (Å²) in [4.78, 5) is 13.5. The van der Waals surface area contributed by atoms with Crippen LogP contribution in [0.5, 0.6) is 0 Å². The van der Waals surface area contributed by atoms with Crippen molar-refractivity contribution in [3.05, 3.63) is 35.6 Å². The van der Waals surface area contributed by atoms with Crippen molar-refractivity contribution in [2.75, 3.05) is 6.54 Å². The Kier molecular flexibility index (Phi) is 2.18. The van der Waals surface area contributed by atoms with Gasteiger partial charge in [-0.15, -0.1) is 0 Å². The van der Waals surface area contributed by atoms with Crippen molar-refractivity contribution < 1.29 is 9.53 Å². The van der Waals surface area contributed by atoms with Gasteiger partial charge in [-0.2, -0.15) is 0 Å². The van der Waals surface area contributed by atoms with Crippen LogP contribution in [0.1, 0.15) is 20.8 Å². The van der Waals surface area contributed by atoms with Crippen LogP contribution in [0.25, 0.3) is 0 Å². The minimum absolute atomic E-state index is 0.274. The topological polar surface area (TPSA) is 29.5 Å². The monoisotopic (exact) mass is 205 g/mol. The summed E-state index contributed by atoms with van der Waals surface area (Å²) in [6, 6.07) is 0. The van der Waals surface area contributed by atoms with E-state index in [1.807, 2.05) is 45.1 Å². The number of hydrogen-bond donors (Lipinski definition) is 0. The Labute approximate surface area is 89.7 Å². The molecule has 0 aromatic carbocycles. The zero-order valence-corrected chi connectivity index (χ0v) is 9.28. The Hall–Kier alpha value is -1.51. The summed E-state index contributed by atoms with van der Waals surface area (Å²) in [6.45, 7) is 6.23. The fourth-order valence-corrected chi connectivity index (χ4v) is 1.62. The van der Waals surface area contributed by atoms with Crippen LogP contribution in [0, 0.1) is 0 Å². The molecule has 2 rings (SSSR count). The molecule has 0 bridgehead atoms. The summed E-state index contributed by atoms with van der Waals surface area (Å²) in [5.41, 5.74) is 1.62. The van der Waals surface area contributed by atoms with Crippen LogP contribution in [0.4, 0.5) is 4.79 Å². The van der Waals surface area contributed by atoms with E-state index in [1.54, 1.807) is 4.90 Å². The van der Waals surface area contributed by atoms with Crippen molar-refractivity contribution >= 4 is 6.09 Å². The SMILES string of the molecule is CC(C)(C)OC(=O)N1CC=C2C=CC=C21. The third kappa shape index (κ3) is 1.96.